The van der Waals surface area contributed by atoms with Gasteiger partial charge in [-0.05, 0) is 41.0 Å². The minimum atomic E-state index is -1.28. The highest BCUT2D eigenvalue weighted by Crippen LogP contribution is 2.38. The number of rotatable bonds is 6. The number of carbonyl (C=O) groups excluding carboxylic acids is 3. The second-order valence-corrected chi connectivity index (χ2v) is 8.41. The topological polar surface area (TPSA) is 95.2 Å². The molecule has 2 amide bonds. The van der Waals surface area contributed by atoms with Crippen molar-refractivity contribution in [1.29, 1.82) is 0 Å². The summed E-state index contributed by atoms with van der Waals surface area (Å²) < 4.78 is 14.9. The molecular weight excluding hydrogens is 471 g/mol. The van der Waals surface area contributed by atoms with E-state index in [4.69, 9.17) is 11.6 Å². The van der Waals surface area contributed by atoms with Crippen molar-refractivity contribution in [2.75, 3.05) is 4.90 Å². The van der Waals surface area contributed by atoms with Gasteiger partial charge in [-0.15, -0.1) is 0 Å². The lowest BCUT2D eigenvalue weighted by atomic mass is 10.0. The molecule has 0 aliphatic carbocycles. The summed E-state index contributed by atoms with van der Waals surface area (Å²) in [6.45, 7) is 0.127. The van der Waals surface area contributed by atoms with E-state index >= 15 is 0 Å². The van der Waals surface area contributed by atoms with Crippen molar-refractivity contribution in [3.05, 3.63) is 107 Å². The Hall–Kier alpha value is -4.30. The second-order valence-electron chi connectivity index (χ2n) is 7.98. The van der Waals surface area contributed by atoms with Gasteiger partial charge in [0, 0.05) is 11.6 Å². The molecule has 0 radical (unpaired) electrons. The molecule has 0 saturated heterocycles. The highest BCUT2D eigenvalue weighted by Gasteiger charge is 2.44. The molecule has 0 saturated carbocycles. The Morgan fingerprint density at radius 1 is 1.09 bits per heavy atom. The molecule has 1 aliphatic heterocycles. The summed E-state index contributed by atoms with van der Waals surface area (Å²) in [5.74, 6) is -3.16. The molecule has 1 aliphatic rings. The third-order valence-electron chi connectivity index (χ3n) is 5.78. The van der Waals surface area contributed by atoms with Crippen LogP contribution in [-0.4, -0.2) is 27.6 Å². The minimum Gasteiger partial charge on any atom is -0.350 e. The van der Waals surface area contributed by atoms with Gasteiger partial charge in [-0.1, -0.05) is 54.1 Å². The lowest BCUT2D eigenvalue weighted by Crippen LogP contribution is -2.43. The molecule has 2 N–H and O–H groups in total. The number of anilines is 1. The van der Waals surface area contributed by atoms with Crippen LogP contribution in [0.25, 0.3) is 11.3 Å². The average molecular weight is 489 g/mol. The van der Waals surface area contributed by atoms with E-state index in [2.05, 4.69) is 15.3 Å². The molecule has 0 fully saturated rings. The normalized spacial score (nSPS) is 13.6. The molecule has 3 aromatic carbocycles. The van der Waals surface area contributed by atoms with Crippen LogP contribution in [-0.2, 0) is 16.1 Å². The van der Waals surface area contributed by atoms with E-state index in [1.165, 1.54) is 12.1 Å². The average Bonchev–Trinajstić information content (AvgIpc) is 3.48. The van der Waals surface area contributed by atoms with Crippen LogP contribution in [0.3, 0.4) is 0 Å². The zero-order valence-corrected chi connectivity index (χ0v) is 18.9. The summed E-state index contributed by atoms with van der Waals surface area (Å²) in [4.78, 5) is 47.1. The zero-order chi connectivity index (χ0) is 24.5. The molecule has 2 heterocycles. The van der Waals surface area contributed by atoms with Crippen LogP contribution in [0, 0.1) is 5.82 Å². The van der Waals surface area contributed by atoms with Gasteiger partial charge in [0.25, 0.3) is 5.78 Å². The number of nitrogens with one attached hydrogen (secondary N) is 2. The molecular formula is C26H18ClFN4O3. The van der Waals surface area contributed by atoms with Crippen LogP contribution < -0.4 is 10.2 Å². The van der Waals surface area contributed by atoms with E-state index in [1.807, 2.05) is 0 Å². The summed E-state index contributed by atoms with van der Waals surface area (Å²) in [5, 5.41) is 3.30. The van der Waals surface area contributed by atoms with Crippen molar-refractivity contribution >= 4 is 34.9 Å². The van der Waals surface area contributed by atoms with Crippen molar-refractivity contribution < 1.29 is 18.8 Å². The minimum absolute atomic E-state index is 0.0725. The number of H-pyrrole nitrogens is 1. The number of carbonyl (C=O) groups is 3. The molecule has 0 bridgehead atoms. The smallest absolute Gasteiger partial charge is 0.300 e. The Labute approximate surface area is 204 Å². The molecule has 1 aromatic heterocycles. The number of aromatic amines is 1. The summed E-state index contributed by atoms with van der Waals surface area (Å²) in [7, 11) is 0. The molecule has 7 nitrogen and oxygen atoms in total. The van der Waals surface area contributed by atoms with Crippen LogP contribution in [0.4, 0.5) is 10.1 Å². The van der Waals surface area contributed by atoms with E-state index in [9.17, 15) is 18.8 Å². The molecule has 1 atom stereocenters. The van der Waals surface area contributed by atoms with Gasteiger partial charge in [-0.25, -0.2) is 9.37 Å². The number of benzene rings is 3. The van der Waals surface area contributed by atoms with Crippen molar-refractivity contribution in [3.63, 3.8) is 0 Å². The van der Waals surface area contributed by atoms with Gasteiger partial charge in [0.15, 0.2) is 0 Å². The quantitative estimate of drug-likeness (QED) is 0.392. The maximum absolute atomic E-state index is 14.9. The molecule has 9 heteroatoms. The van der Waals surface area contributed by atoms with Gasteiger partial charge < -0.3 is 10.3 Å². The number of Topliss-reactive ketones (excluding diaryl/α,β-unsaturated/α-hetero) is 1. The predicted octanol–water partition coefficient (Wildman–Crippen LogP) is 4.46. The van der Waals surface area contributed by atoms with E-state index in [1.54, 1.807) is 61.1 Å². The lowest BCUT2D eigenvalue weighted by molar-refractivity contribution is -0.125. The zero-order valence-electron chi connectivity index (χ0n) is 18.2. The van der Waals surface area contributed by atoms with Crippen LogP contribution >= 0.6 is 11.6 Å². The fourth-order valence-corrected chi connectivity index (χ4v) is 4.34. The SMILES string of the molecule is O=C1C(=O)N(C(C(=O)NCc2cccc(Cl)c2)c2ccc(-c3cnc[nH]3)cc2)c2c(F)cccc21. The van der Waals surface area contributed by atoms with E-state index in [0.717, 1.165) is 27.8 Å². The molecule has 1 unspecified atom stereocenters. The number of nitrogens with zero attached hydrogens (tertiary/aromatic N) is 2. The van der Waals surface area contributed by atoms with Crippen LogP contribution in [0.5, 0.6) is 0 Å². The largest absolute Gasteiger partial charge is 0.350 e. The fourth-order valence-electron chi connectivity index (χ4n) is 4.13. The lowest BCUT2D eigenvalue weighted by Gasteiger charge is -2.28. The Balaban J connectivity index is 1.54. The summed E-state index contributed by atoms with van der Waals surface area (Å²) in [6.07, 6.45) is 3.20. The van der Waals surface area contributed by atoms with Gasteiger partial charge in [-0.2, -0.15) is 0 Å². The first-order valence-electron chi connectivity index (χ1n) is 10.7. The van der Waals surface area contributed by atoms with E-state index < -0.39 is 29.5 Å². The van der Waals surface area contributed by atoms with Crippen LogP contribution in [0.2, 0.25) is 5.02 Å². The van der Waals surface area contributed by atoms with Crippen LogP contribution in [0.1, 0.15) is 27.5 Å². The number of fused-ring (bicyclic) bond motifs is 1. The van der Waals surface area contributed by atoms with Gasteiger partial charge in [0.05, 0.1) is 29.5 Å². The van der Waals surface area contributed by atoms with Crippen molar-refractivity contribution in [1.82, 2.24) is 15.3 Å². The van der Waals surface area contributed by atoms with Crippen molar-refractivity contribution in [3.8, 4) is 11.3 Å². The Morgan fingerprint density at radius 3 is 2.57 bits per heavy atom. The maximum atomic E-state index is 14.9. The number of hydrogen-bond donors (Lipinski definition) is 2. The van der Waals surface area contributed by atoms with Gasteiger partial charge >= 0.3 is 5.91 Å². The predicted molar refractivity (Wildman–Crippen MR) is 128 cm³/mol. The highest BCUT2D eigenvalue weighted by atomic mass is 35.5. The van der Waals surface area contributed by atoms with Crippen LogP contribution in [0.15, 0.2) is 79.3 Å². The number of halogens is 2. The number of hydrogen-bond acceptors (Lipinski definition) is 4. The van der Waals surface area contributed by atoms with Gasteiger partial charge in [-0.3, -0.25) is 19.3 Å². The monoisotopic (exact) mass is 488 g/mol. The molecule has 0 spiro atoms. The van der Waals surface area contributed by atoms with E-state index in [-0.39, 0.29) is 17.8 Å². The summed E-state index contributed by atoms with van der Waals surface area (Å²) >= 11 is 6.04. The number of aromatic nitrogens is 2. The Kier molecular flexibility index (Phi) is 5.88. The summed E-state index contributed by atoms with van der Waals surface area (Å²) in [5.41, 5.74) is 2.45. The Morgan fingerprint density at radius 2 is 1.86 bits per heavy atom. The molecule has 5 rings (SSSR count). The molecule has 35 heavy (non-hydrogen) atoms. The summed E-state index contributed by atoms with van der Waals surface area (Å²) in [6, 6.07) is 16.4. The van der Waals surface area contributed by atoms with Gasteiger partial charge in [0.1, 0.15) is 11.9 Å². The van der Waals surface area contributed by atoms with Crippen molar-refractivity contribution in [2.24, 2.45) is 0 Å². The number of imidazole rings is 1. The van der Waals surface area contributed by atoms with Gasteiger partial charge in [0.2, 0.25) is 5.91 Å². The first-order valence-corrected chi connectivity index (χ1v) is 11.1. The third kappa shape index (κ3) is 4.20. The number of amides is 2. The molecule has 4 aromatic rings. The first kappa shape index (κ1) is 22.5. The number of para-hydroxylation sites is 1. The highest BCUT2D eigenvalue weighted by molar-refractivity contribution is 6.52. The van der Waals surface area contributed by atoms with E-state index in [0.29, 0.717) is 10.6 Å². The fraction of sp³-hybridized carbons (Fsp3) is 0.0769. The standard InChI is InChI=1S/C26H18ClFN4O3/c27-18-4-1-3-15(11-18)12-30-25(34)22(17-9-7-16(8-10-17)21-13-29-14-31-21)32-23-19(24(33)26(32)35)5-2-6-20(23)28/h1-11,13-14,22H,12H2,(H,29,31)(H,30,34). The maximum Gasteiger partial charge on any atom is 0.300 e. The number of ketones is 1. The Bertz CT molecular complexity index is 1440. The molecule has 174 valence electrons. The van der Waals surface area contributed by atoms with Crippen molar-refractivity contribution in [2.45, 2.75) is 12.6 Å². The third-order valence-corrected chi connectivity index (χ3v) is 6.02. The first-order chi connectivity index (χ1) is 16.9. The second kappa shape index (κ2) is 9.15.